The van der Waals surface area contributed by atoms with Crippen LogP contribution >= 0.6 is 11.6 Å². The second-order valence-corrected chi connectivity index (χ2v) is 6.77. The molecule has 3 heteroatoms. The predicted octanol–water partition coefficient (Wildman–Crippen LogP) is 6.14. The van der Waals surface area contributed by atoms with Gasteiger partial charge >= 0.3 is 0 Å². The van der Waals surface area contributed by atoms with Gasteiger partial charge in [-0.15, -0.1) is 0 Å². The maximum atomic E-state index is 6.04. The van der Waals surface area contributed by atoms with Gasteiger partial charge in [-0.1, -0.05) is 103 Å². The van der Waals surface area contributed by atoms with E-state index in [1.54, 1.807) is 6.20 Å². The quantitative estimate of drug-likeness (QED) is 0.427. The predicted molar refractivity (Wildman–Crippen MR) is 112 cm³/mol. The zero-order valence-electron chi connectivity index (χ0n) is 14.7. The number of benzene rings is 3. The van der Waals surface area contributed by atoms with Gasteiger partial charge in [-0.25, -0.2) is 4.98 Å². The number of rotatable bonds is 5. The van der Waals surface area contributed by atoms with Crippen molar-refractivity contribution in [3.8, 4) is 0 Å². The summed E-state index contributed by atoms with van der Waals surface area (Å²) in [5.74, 6) is 0.760. The lowest BCUT2D eigenvalue weighted by Crippen LogP contribution is -2.38. The van der Waals surface area contributed by atoms with Gasteiger partial charge in [0.15, 0.2) is 0 Å². The Balaban J connectivity index is 1.98. The molecule has 0 bridgehead atoms. The topological polar surface area (TPSA) is 24.9 Å². The summed E-state index contributed by atoms with van der Waals surface area (Å²) in [6.07, 6.45) is 1.66. The monoisotopic (exact) mass is 370 g/mol. The summed E-state index contributed by atoms with van der Waals surface area (Å²) in [7, 11) is 0. The lowest BCUT2D eigenvalue weighted by molar-refractivity contribution is 0.707. The number of aromatic nitrogens is 1. The zero-order chi connectivity index (χ0) is 18.5. The molecule has 1 N–H and O–H groups in total. The molecule has 0 saturated heterocycles. The first-order chi connectivity index (χ1) is 13.3. The Morgan fingerprint density at radius 2 is 1.04 bits per heavy atom. The lowest BCUT2D eigenvalue weighted by atomic mass is 9.77. The van der Waals surface area contributed by atoms with Crippen molar-refractivity contribution in [2.24, 2.45) is 0 Å². The van der Waals surface area contributed by atoms with E-state index < -0.39 is 5.54 Å². The normalized spacial score (nSPS) is 11.1. The van der Waals surface area contributed by atoms with E-state index in [-0.39, 0.29) is 0 Å². The van der Waals surface area contributed by atoms with Crippen molar-refractivity contribution in [1.82, 2.24) is 4.98 Å². The van der Waals surface area contributed by atoms with E-state index >= 15 is 0 Å². The molecule has 4 rings (SSSR count). The summed E-state index contributed by atoms with van der Waals surface area (Å²) in [5, 5.41) is 4.31. The van der Waals surface area contributed by atoms with Crippen LogP contribution in [-0.2, 0) is 5.54 Å². The molecule has 0 fully saturated rings. The van der Waals surface area contributed by atoms with Crippen molar-refractivity contribution in [1.29, 1.82) is 0 Å². The average Bonchev–Trinajstić information content (AvgIpc) is 2.75. The molecule has 0 saturated carbocycles. The molecule has 0 spiro atoms. The molecule has 4 aromatic rings. The van der Waals surface area contributed by atoms with Gasteiger partial charge in [0.1, 0.15) is 11.4 Å². The summed E-state index contributed by atoms with van der Waals surface area (Å²) >= 11 is 6.04. The van der Waals surface area contributed by atoms with Gasteiger partial charge in [-0.3, -0.25) is 0 Å². The Bertz CT molecular complexity index is 888. The minimum Gasteiger partial charge on any atom is -0.353 e. The highest BCUT2D eigenvalue weighted by molar-refractivity contribution is 6.30. The number of nitrogens with zero attached hydrogens (tertiary/aromatic N) is 1. The highest BCUT2D eigenvalue weighted by Crippen LogP contribution is 2.39. The summed E-state index contributed by atoms with van der Waals surface area (Å²) in [6, 6.07) is 35.1. The maximum absolute atomic E-state index is 6.04. The van der Waals surface area contributed by atoms with Crippen molar-refractivity contribution in [3.63, 3.8) is 0 Å². The van der Waals surface area contributed by atoms with Crippen LogP contribution in [0.4, 0.5) is 5.82 Å². The lowest BCUT2D eigenvalue weighted by Gasteiger charge is -2.37. The van der Waals surface area contributed by atoms with Gasteiger partial charge in [0.25, 0.3) is 0 Å². The van der Waals surface area contributed by atoms with Gasteiger partial charge in [0.05, 0.1) is 5.02 Å². The van der Waals surface area contributed by atoms with Gasteiger partial charge in [-0.05, 0) is 28.8 Å². The molecular formula is C24H19ClN2. The van der Waals surface area contributed by atoms with Crippen LogP contribution in [0.3, 0.4) is 0 Å². The molecule has 1 aromatic heterocycles. The Labute approximate surface area is 164 Å². The van der Waals surface area contributed by atoms with Gasteiger partial charge < -0.3 is 5.32 Å². The molecule has 0 amide bonds. The van der Waals surface area contributed by atoms with E-state index in [1.807, 2.05) is 30.3 Å². The van der Waals surface area contributed by atoms with E-state index in [4.69, 9.17) is 11.6 Å². The number of nitrogens with one attached hydrogen (secondary N) is 1. The van der Waals surface area contributed by atoms with Crippen LogP contribution in [0, 0.1) is 0 Å². The minimum atomic E-state index is -0.579. The number of anilines is 1. The Morgan fingerprint density at radius 3 is 1.41 bits per heavy atom. The van der Waals surface area contributed by atoms with Crippen LogP contribution in [0.25, 0.3) is 0 Å². The molecule has 0 aliphatic carbocycles. The molecule has 0 aliphatic rings. The molecule has 3 aromatic carbocycles. The van der Waals surface area contributed by atoms with Gasteiger partial charge in [-0.2, -0.15) is 0 Å². The molecule has 132 valence electrons. The first-order valence-electron chi connectivity index (χ1n) is 8.85. The number of hydrogen-bond donors (Lipinski definition) is 1. The van der Waals surface area contributed by atoms with E-state index in [2.05, 4.69) is 83.1 Å². The fourth-order valence-electron chi connectivity index (χ4n) is 3.42. The van der Waals surface area contributed by atoms with Crippen molar-refractivity contribution in [2.75, 3.05) is 5.32 Å². The Morgan fingerprint density at radius 1 is 0.593 bits per heavy atom. The van der Waals surface area contributed by atoms with Crippen LogP contribution < -0.4 is 5.32 Å². The Kier molecular flexibility index (Phi) is 4.91. The maximum Gasteiger partial charge on any atom is 0.127 e. The molecular weight excluding hydrogens is 352 g/mol. The highest BCUT2D eigenvalue weighted by atomic mass is 35.5. The molecule has 2 nitrogen and oxygen atoms in total. The van der Waals surface area contributed by atoms with E-state index in [0.717, 1.165) is 22.5 Å². The van der Waals surface area contributed by atoms with Gasteiger partial charge in [0.2, 0.25) is 0 Å². The molecule has 0 unspecified atom stereocenters. The fraction of sp³-hybridized carbons (Fsp3) is 0.0417. The van der Waals surface area contributed by atoms with Crippen LogP contribution in [0.5, 0.6) is 0 Å². The number of hydrogen-bond acceptors (Lipinski definition) is 2. The zero-order valence-corrected chi connectivity index (χ0v) is 15.5. The smallest absolute Gasteiger partial charge is 0.127 e. The minimum absolute atomic E-state index is 0.579. The summed E-state index contributed by atoms with van der Waals surface area (Å²) in [4.78, 5) is 4.50. The third-order valence-corrected chi connectivity index (χ3v) is 4.89. The van der Waals surface area contributed by atoms with E-state index in [1.165, 1.54) is 0 Å². The molecule has 27 heavy (non-hydrogen) atoms. The third-order valence-electron chi connectivity index (χ3n) is 4.66. The van der Waals surface area contributed by atoms with Crippen LogP contribution in [-0.4, -0.2) is 4.98 Å². The van der Waals surface area contributed by atoms with Crippen molar-refractivity contribution >= 4 is 17.4 Å². The third kappa shape index (κ3) is 3.44. The van der Waals surface area contributed by atoms with Crippen molar-refractivity contribution < 1.29 is 0 Å². The molecule has 0 radical (unpaired) electrons. The van der Waals surface area contributed by atoms with Crippen LogP contribution in [0.15, 0.2) is 109 Å². The molecule has 1 heterocycles. The van der Waals surface area contributed by atoms with Gasteiger partial charge in [0, 0.05) is 6.20 Å². The summed E-state index contributed by atoms with van der Waals surface area (Å²) in [6.45, 7) is 0. The van der Waals surface area contributed by atoms with E-state index in [0.29, 0.717) is 5.02 Å². The average molecular weight is 371 g/mol. The standard InChI is InChI=1S/C24H19ClN2/c25-22-16-17-23(26-18-22)27-24(19-10-4-1-5-11-19,20-12-6-2-7-13-20)21-14-8-3-9-15-21/h1-18H,(H,26,27). The van der Waals surface area contributed by atoms with Crippen LogP contribution in [0.2, 0.25) is 5.02 Å². The fourth-order valence-corrected chi connectivity index (χ4v) is 3.53. The van der Waals surface area contributed by atoms with Crippen molar-refractivity contribution in [3.05, 3.63) is 131 Å². The largest absolute Gasteiger partial charge is 0.353 e. The second-order valence-electron chi connectivity index (χ2n) is 6.33. The van der Waals surface area contributed by atoms with Crippen molar-refractivity contribution in [2.45, 2.75) is 5.54 Å². The molecule has 0 aliphatic heterocycles. The SMILES string of the molecule is Clc1ccc(NC(c2ccccc2)(c2ccccc2)c2ccccc2)nc1. The Hall–Kier alpha value is -3.10. The second kappa shape index (κ2) is 7.65. The molecule has 0 atom stereocenters. The first kappa shape index (κ1) is 17.3. The first-order valence-corrected chi connectivity index (χ1v) is 9.23. The summed E-state index contributed by atoms with van der Waals surface area (Å²) in [5.41, 5.74) is 2.84. The highest BCUT2D eigenvalue weighted by Gasteiger charge is 2.36. The number of pyridine rings is 1. The van der Waals surface area contributed by atoms with E-state index in [9.17, 15) is 0 Å². The number of halogens is 1. The summed E-state index contributed by atoms with van der Waals surface area (Å²) < 4.78 is 0. The van der Waals surface area contributed by atoms with Crippen LogP contribution in [0.1, 0.15) is 16.7 Å².